The van der Waals surface area contributed by atoms with Gasteiger partial charge in [0.25, 0.3) is 0 Å². The predicted octanol–water partition coefficient (Wildman–Crippen LogP) is -1.81. The van der Waals surface area contributed by atoms with E-state index in [1.54, 1.807) is 6.08 Å². The molecule has 0 unspecified atom stereocenters. The summed E-state index contributed by atoms with van der Waals surface area (Å²) in [6, 6.07) is 0. The van der Waals surface area contributed by atoms with Gasteiger partial charge in [-0.3, -0.25) is 0 Å². The van der Waals surface area contributed by atoms with Crippen LogP contribution in [0.15, 0.2) is 12.7 Å². The summed E-state index contributed by atoms with van der Waals surface area (Å²) in [5.74, 6) is 0. The third-order valence-electron chi connectivity index (χ3n) is 0. The Hall–Kier alpha value is 1.41. The minimum atomic E-state index is 0. The minimum absolute atomic E-state index is 0. The van der Waals surface area contributed by atoms with Gasteiger partial charge in [-0.15, -0.1) is 6.58 Å². The Bertz CT molecular complexity index is 14.4. The van der Waals surface area contributed by atoms with Crippen LogP contribution in [0.2, 0.25) is 0 Å². The quantitative estimate of drug-likeness (QED) is 0.268. The molecule has 0 bridgehead atoms. The summed E-state index contributed by atoms with van der Waals surface area (Å²) in [5, 5.41) is 0. The second-order valence-electron chi connectivity index (χ2n) is 0.408. The Morgan fingerprint density at radius 1 is 1.60 bits per heavy atom. The zero-order valence-corrected chi connectivity index (χ0v) is 11.0. The van der Waals surface area contributed by atoms with Crippen LogP contribution >= 0.6 is 0 Å². The second-order valence-corrected chi connectivity index (χ2v) is 0.408. The fraction of sp³-hybridized carbons (Fsp3) is 0.333. The first-order chi connectivity index (χ1) is 1.41. The van der Waals surface area contributed by atoms with Crippen LogP contribution in [0, 0.1) is 0 Å². The van der Waals surface area contributed by atoms with Crippen molar-refractivity contribution in [2.75, 3.05) is 0 Å². The Morgan fingerprint density at radius 3 is 1.60 bits per heavy atom. The van der Waals surface area contributed by atoms with Gasteiger partial charge in [-0.25, -0.2) is 0 Å². The molecular weight excluding hydrogens is 364 g/mol. The van der Waals surface area contributed by atoms with Crippen molar-refractivity contribution in [3.05, 3.63) is 12.7 Å². The van der Waals surface area contributed by atoms with Gasteiger partial charge in [0.1, 0.15) is 0 Å². The molecule has 0 aliphatic heterocycles. The van der Waals surface area contributed by atoms with E-state index in [0.717, 1.165) is 0 Å². The van der Waals surface area contributed by atoms with E-state index in [2.05, 4.69) is 6.58 Å². The van der Waals surface area contributed by atoms with E-state index in [9.17, 15) is 0 Å². The molecule has 0 atom stereocenters. The molecule has 5 heavy (non-hydrogen) atoms. The van der Waals surface area contributed by atoms with Crippen LogP contribution in [0.4, 0.5) is 0 Å². The Labute approximate surface area is 70.6 Å². The van der Waals surface area contributed by atoms with Gasteiger partial charge in [0.15, 0.2) is 0 Å². The molecule has 27 valence electrons. The van der Waals surface area contributed by atoms with Crippen LogP contribution < -0.4 is 24.0 Å². The summed E-state index contributed by atoms with van der Waals surface area (Å²) in [6.45, 7) is 5.25. The zero-order valence-electron chi connectivity index (χ0n) is 3.37. The Kier molecular flexibility index (Phi) is 58.5. The molecule has 0 aromatic carbocycles. The fourth-order valence-electron chi connectivity index (χ4n) is 0. The molecule has 0 saturated carbocycles. The first-order valence-corrected chi connectivity index (χ1v) is 0.986. The van der Waals surface area contributed by atoms with Crippen LogP contribution in [0.3, 0.4) is 0 Å². The van der Waals surface area contributed by atoms with Crippen LogP contribution in [0.25, 0.3) is 0 Å². The number of hydrogen-bond donors (Lipinski definition) is 0. The molecule has 0 aliphatic rings. The van der Waals surface area contributed by atoms with Crippen molar-refractivity contribution in [1.82, 2.24) is 0 Å². The van der Waals surface area contributed by atoms with E-state index in [1.807, 2.05) is 6.92 Å². The number of halogens is 1. The maximum absolute atomic E-state index is 3.36. The van der Waals surface area contributed by atoms with Crippen LogP contribution in [0.1, 0.15) is 6.92 Å². The molecule has 0 saturated heterocycles. The molecule has 0 fully saturated rings. The molecular formula is C3H6HgI. The van der Waals surface area contributed by atoms with Gasteiger partial charge < -0.3 is 24.0 Å². The van der Waals surface area contributed by atoms with Gasteiger partial charge in [-0.1, -0.05) is 6.08 Å². The van der Waals surface area contributed by atoms with E-state index in [0.29, 0.717) is 0 Å². The molecule has 0 N–H and O–H groups in total. The summed E-state index contributed by atoms with van der Waals surface area (Å²) in [5.41, 5.74) is 0. The van der Waals surface area contributed by atoms with Gasteiger partial charge in [-0.05, 0) is 6.92 Å². The fourth-order valence-corrected chi connectivity index (χ4v) is 0. The zero-order chi connectivity index (χ0) is 2.71. The Morgan fingerprint density at radius 2 is 1.60 bits per heavy atom. The second kappa shape index (κ2) is 18.1. The molecule has 0 aliphatic carbocycles. The van der Waals surface area contributed by atoms with Crippen molar-refractivity contribution in [3.63, 3.8) is 0 Å². The maximum atomic E-state index is 3.36. The van der Waals surface area contributed by atoms with Crippen LogP contribution in [-0.2, 0) is 27.7 Å². The third kappa shape index (κ3) is 31.7. The van der Waals surface area contributed by atoms with Gasteiger partial charge in [0.05, 0.1) is 0 Å². The molecule has 1 radical (unpaired) electrons. The summed E-state index contributed by atoms with van der Waals surface area (Å²) >= 11 is 0. The average molecular weight is 370 g/mol. The Balaban J connectivity index is -0.0000000200. The standard InChI is InChI=1S/C3H6.Hg.HI/c1-3-2;;/h3H,1H2,2H3;;1H/q;+1;/p-1. The van der Waals surface area contributed by atoms with E-state index >= 15 is 0 Å². The molecule has 0 aromatic heterocycles. The van der Waals surface area contributed by atoms with Crippen molar-refractivity contribution >= 4 is 0 Å². The van der Waals surface area contributed by atoms with Gasteiger partial charge in [-0.2, -0.15) is 0 Å². The van der Waals surface area contributed by atoms with E-state index < -0.39 is 0 Å². The van der Waals surface area contributed by atoms with Crippen molar-refractivity contribution in [2.24, 2.45) is 0 Å². The molecule has 0 amide bonds. The normalized spacial score (nSPS) is 2.60. The number of allylic oxidation sites excluding steroid dienone is 1. The molecule has 0 nitrogen and oxygen atoms in total. The first kappa shape index (κ1) is 16.1. The largest absolute Gasteiger partial charge is 1.00 e. The number of rotatable bonds is 0. The molecule has 0 aromatic rings. The molecule has 0 heterocycles. The SMILES string of the molecule is C=CC.[Hg+].[I-]. The molecule has 0 rings (SSSR count). The van der Waals surface area contributed by atoms with Crippen molar-refractivity contribution < 1.29 is 51.6 Å². The third-order valence-corrected chi connectivity index (χ3v) is 0. The monoisotopic (exact) mass is 371 g/mol. The maximum Gasteiger partial charge on any atom is 1.00 e. The van der Waals surface area contributed by atoms with E-state index in [1.165, 1.54) is 0 Å². The van der Waals surface area contributed by atoms with Crippen molar-refractivity contribution in [1.29, 1.82) is 0 Å². The van der Waals surface area contributed by atoms with E-state index in [4.69, 9.17) is 0 Å². The summed E-state index contributed by atoms with van der Waals surface area (Å²) in [7, 11) is 0. The topological polar surface area (TPSA) is 0 Å². The smallest absolute Gasteiger partial charge is 1.00 e. The van der Waals surface area contributed by atoms with Gasteiger partial charge in [0.2, 0.25) is 0 Å². The molecule has 0 spiro atoms. The van der Waals surface area contributed by atoms with E-state index in [-0.39, 0.29) is 51.6 Å². The van der Waals surface area contributed by atoms with Gasteiger partial charge in [0, 0.05) is 0 Å². The summed E-state index contributed by atoms with van der Waals surface area (Å²) in [6.07, 6.45) is 1.75. The van der Waals surface area contributed by atoms with Gasteiger partial charge >= 0.3 is 27.7 Å². The summed E-state index contributed by atoms with van der Waals surface area (Å²) < 4.78 is 0. The van der Waals surface area contributed by atoms with Crippen molar-refractivity contribution in [2.45, 2.75) is 6.92 Å². The minimum Gasteiger partial charge on any atom is -1.00 e. The molecule has 2 heteroatoms. The predicted molar refractivity (Wildman–Crippen MR) is 15.9 cm³/mol. The van der Waals surface area contributed by atoms with Crippen LogP contribution in [-0.4, -0.2) is 0 Å². The summed E-state index contributed by atoms with van der Waals surface area (Å²) in [4.78, 5) is 0. The van der Waals surface area contributed by atoms with Crippen LogP contribution in [0.5, 0.6) is 0 Å². The first-order valence-electron chi connectivity index (χ1n) is 0.986. The average Bonchev–Trinajstić information content (AvgIpc) is 0.918. The number of hydrogen-bond acceptors (Lipinski definition) is 0. The van der Waals surface area contributed by atoms with Crippen molar-refractivity contribution in [3.8, 4) is 0 Å².